The summed E-state index contributed by atoms with van der Waals surface area (Å²) in [4.78, 5) is 13.9. The Labute approximate surface area is 104 Å². The van der Waals surface area contributed by atoms with Crippen molar-refractivity contribution < 1.29 is 4.79 Å². The van der Waals surface area contributed by atoms with E-state index in [1.165, 1.54) is 5.56 Å². The second-order valence-corrected chi connectivity index (χ2v) is 4.18. The van der Waals surface area contributed by atoms with Gasteiger partial charge in [-0.25, -0.2) is 0 Å². The van der Waals surface area contributed by atoms with Crippen LogP contribution in [-0.4, -0.2) is 26.0 Å². The van der Waals surface area contributed by atoms with Gasteiger partial charge in [0.1, 0.15) is 0 Å². The molecule has 17 heavy (non-hydrogen) atoms. The van der Waals surface area contributed by atoms with Crippen molar-refractivity contribution in [3.8, 4) is 0 Å². The number of anilines is 1. The Hall–Kier alpha value is -1.35. The van der Waals surface area contributed by atoms with Crippen molar-refractivity contribution >= 4 is 11.6 Å². The minimum absolute atomic E-state index is 0.202. The summed E-state index contributed by atoms with van der Waals surface area (Å²) in [6, 6.07) is 8.09. The topological polar surface area (TPSA) is 32.3 Å². The van der Waals surface area contributed by atoms with Crippen LogP contribution in [-0.2, 0) is 4.79 Å². The van der Waals surface area contributed by atoms with Gasteiger partial charge < -0.3 is 10.2 Å². The van der Waals surface area contributed by atoms with Crippen molar-refractivity contribution in [2.24, 2.45) is 0 Å². The van der Waals surface area contributed by atoms with Crippen molar-refractivity contribution in [1.29, 1.82) is 0 Å². The molecule has 0 unspecified atom stereocenters. The van der Waals surface area contributed by atoms with Crippen LogP contribution in [0, 0.1) is 6.92 Å². The molecule has 94 valence electrons. The average Bonchev–Trinajstić information content (AvgIpc) is 2.30. The largest absolute Gasteiger partial charge is 0.320 e. The van der Waals surface area contributed by atoms with Crippen LogP contribution < -0.4 is 10.2 Å². The lowest BCUT2D eigenvalue weighted by atomic mass is 10.2. The van der Waals surface area contributed by atoms with Crippen LogP contribution in [0.1, 0.15) is 25.3 Å². The van der Waals surface area contributed by atoms with E-state index >= 15 is 0 Å². The SMILES string of the molecule is CCN(C(=O)CCCNC)c1cccc(C)c1. The van der Waals surface area contributed by atoms with Gasteiger partial charge in [0.2, 0.25) is 5.91 Å². The maximum atomic E-state index is 12.1. The molecule has 0 fully saturated rings. The Morgan fingerprint density at radius 3 is 2.76 bits per heavy atom. The van der Waals surface area contributed by atoms with E-state index in [4.69, 9.17) is 0 Å². The summed E-state index contributed by atoms with van der Waals surface area (Å²) >= 11 is 0. The smallest absolute Gasteiger partial charge is 0.227 e. The molecule has 0 atom stereocenters. The molecule has 0 saturated heterocycles. The molecular formula is C14H22N2O. The van der Waals surface area contributed by atoms with Gasteiger partial charge in [0.15, 0.2) is 0 Å². The van der Waals surface area contributed by atoms with E-state index in [0.717, 1.165) is 25.2 Å². The predicted octanol–water partition coefficient (Wildman–Crippen LogP) is 2.35. The number of rotatable bonds is 6. The fourth-order valence-electron chi connectivity index (χ4n) is 1.85. The minimum atomic E-state index is 0.202. The Bertz CT molecular complexity index is 363. The second kappa shape index (κ2) is 7.07. The molecule has 1 N–H and O–H groups in total. The molecule has 1 aromatic carbocycles. The Morgan fingerprint density at radius 2 is 2.18 bits per heavy atom. The molecule has 0 spiro atoms. The van der Waals surface area contributed by atoms with Gasteiger partial charge in [-0.3, -0.25) is 4.79 Å². The number of amides is 1. The first kappa shape index (κ1) is 13.7. The number of nitrogens with zero attached hydrogens (tertiary/aromatic N) is 1. The molecule has 0 aromatic heterocycles. The van der Waals surface area contributed by atoms with E-state index in [0.29, 0.717) is 6.42 Å². The third-order valence-corrected chi connectivity index (χ3v) is 2.75. The van der Waals surface area contributed by atoms with Gasteiger partial charge in [-0.2, -0.15) is 0 Å². The van der Waals surface area contributed by atoms with E-state index in [1.54, 1.807) is 0 Å². The van der Waals surface area contributed by atoms with Gasteiger partial charge >= 0.3 is 0 Å². The molecule has 0 saturated carbocycles. The lowest BCUT2D eigenvalue weighted by molar-refractivity contribution is -0.118. The monoisotopic (exact) mass is 234 g/mol. The summed E-state index contributed by atoms with van der Waals surface area (Å²) in [5, 5.41) is 3.06. The molecule has 1 amide bonds. The van der Waals surface area contributed by atoms with Crippen LogP contribution in [0.15, 0.2) is 24.3 Å². The van der Waals surface area contributed by atoms with E-state index < -0.39 is 0 Å². The third-order valence-electron chi connectivity index (χ3n) is 2.75. The van der Waals surface area contributed by atoms with Gasteiger partial charge in [0.25, 0.3) is 0 Å². The highest BCUT2D eigenvalue weighted by Crippen LogP contribution is 2.16. The molecule has 0 aliphatic heterocycles. The molecule has 0 bridgehead atoms. The highest BCUT2D eigenvalue weighted by atomic mass is 16.2. The van der Waals surface area contributed by atoms with Gasteiger partial charge in [0, 0.05) is 18.7 Å². The molecule has 0 aliphatic carbocycles. The van der Waals surface area contributed by atoms with Crippen LogP contribution in [0.4, 0.5) is 5.69 Å². The quantitative estimate of drug-likeness (QED) is 0.766. The van der Waals surface area contributed by atoms with Gasteiger partial charge in [0.05, 0.1) is 0 Å². The lowest BCUT2D eigenvalue weighted by Gasteiger charge is -2.21. The Morgan fingerprint density at radius 1 is 1.41 bits per heavy atom. The zero-order valence-electron chi connectivity index (χ0n) is 11.0. The number of carbonyl (C=O) groups is 1. The van der Waals surface area contributed by atoms with Crippen LogP contribution in [0.25, 0.3) is 0 Å². The first-order chi connectivity index (χ1) is 8.19. The normalized spacial score (nSPS) is 10.3. The van der Waals surface area contributed by atoms with Gasteiger partial charge in [-0.15, -0.1) is 0 Å². The van der Waals surface area contributed by atoms with E-state index in [2.05, 4.69) is 11.4 Å². The van der Waals surface area contributed by atoms with Crippen LogP contribution >= 0.6 is 0 Å². The third kappa shape index (κ3) is 4.19. The highest BCUT2D eigenvalue weighted by molar-refractivity contribution is 5.93. The van der Waals surface area contributed by atoms with Crippen molar-refractivity contribution in [3.05, 3.63) is 29.8 Å². The van der Waals surface area contributed by atoms with Crippen molar-refractivity contribution in [3.63, 3.8) is 0 Å². The first-order valence-corrected chi connectivity index (χ1v) is 6.20. The summed E-state index contributed by atoms with van der Waals surface area (Å²) in [6.07, 6.45) is 1.49. The number of hydrogen-bond acceptors (Lipinski definition) is 2. The molecular weight excluding hydrogens is 212 g/mol. The molecule has 0 heterocycles. The summed E-state index contributed by atoms with van der Waals surface area (Å²) in [5.41, 5.74) is 2.19. The van der Waals surface area contributed by atoms with Crippen LogP contribution in [0.3, 0.4) is 0 Å². The fraction of sp³-hybridized carbons (Fsp3) is 0.500. The molecule has 0 aliphatic rings. The Kier molecular flexibility index (Phi) is 5.70. The number of benzene rings is 1. The standard InChI is InChI=1S/C14H22N2O/c1-4-16(14(17)9-6-10-15-3)13-8-5-7-12(2)11-13/h5,7-8,11,15H,4,6,9-10H2,1-3H3. The second-order valence-electron chi connectivity index (χ2n) is 4.18. The molecule has 1 rings (SSSR count). The molecule has 3 nitrogen and oxygen atoms in total. The van der Waals surface area contributed by atoms with E-state index in [9.17, 15) is 4.79 Å². The zero-order chi connectivity index (χ0) is 12.7. The lowest BCUT2D eigenvalue weighted by Crippen LogP contribution is -2.31. The predicted molar refractivity (Wildman–Crippen MR) is 72.4 cm³/mol. The van der Waals surface area contributed by atoms with Gasteiger partial charge in [-0.1, -0.05) is 12.1 Å². The zero-order valence-corrected chi connectivity index (χ0v) is 11.0. The van der Waals surface area contributed by atoms with Crippen molar-refractivity contribution in [2.45, 2.75) is 26.7 Å². The van der Waals surface area contributed by atoms with Crippen molar-refractivity contribution in [2.75, 3.05) is 25.0 Å². The molecule has 1 aromatic rings. The van der Waals surface area contributed by atoms with Crippen LogP contribution in [0.2, 0.25) is 0 Å². The summed E-state index contributed by atoms with van der Waals surface area (Å²) in [5.74, 6) is 0.202. The molecule has 3 heteroatoms. The number of nitrogens with one attached hydrogen (secondary N) is 1. The van der Waals surface area contributed by atoms with E-state index in [-0.39, 0.29) is 5.91 Å². The molecule has 0 radical (unpaired) electrons. The number of carbonyl (C=O) groups excluding carboxylic acids is 1. The first-order valence-electron chi connectivity index (χ1n) is 6.20. The summed E-state index contributed by atoms with van der Waals surface area (Å²) < 4.78 is 0. The average molecular weight is 234 g/mol. The summed E-state index contributed by atoms with van der Waals surface area (Å²) in [6.45, 7) is 5.67. The number of aryl methyl sites for hydroxylation is 1. The Balaban J connectivity index is 2.67. The minimum Gasteiger partial charge on any atom is -0.320 e. The summed E-state index contributed by atoms with van der Waals surface area (Å²) in [7, 11) is 1.91. The van der Waals surface area contributed by atoms with Gasteiger partial charge in [-0.05, 0) is 51.6 Å². The highest BCUT2D eigenvalue weighted by Gasteiger charge is 2.12. The van der Waals surface area contributed by atoms with Crippen molar-refractivity contribution in [1.82, 2.24) is 5.32 Å². The fourth-order valence-corrected chi connectivity index (χ4v) is 1.85. The van der Waals surface area contributed by atoms with Crippen LogP contribution in [0.5, 0.6) is 0 Å². The maximum absolute atomic E-state index is 12.1. The van der Waals surface area contributed by atoms with E-state index in [1.807, 2.05) is 44.0 Å². The number of hydrogen-bond donors (Lipinski definition) is 1. The maximum Gasteiger partial charge on any atom is 0.227 e.